The number of hydrogen-bond donors (Lipinski definition) is 1. The summed E-state index contributed by atoms with van der Waals surface area (Å²) in [4.78, 5) is 0. The van der Waals surface area contributed by atoms with Crippen LogP contribution in [0.2, 0.25) is 0 Å². The first-order valence-electron chi connectivity index (χ1n) is 4.97. The Morgan fingerprint density at radius 3 is 3.00 bits per heavy atom. The van der Waals surface area contributed by atoms with E-state index in [1.807, 2.05) is 13.1 Å². The van der Waals surface area contributed by atoms with Gasteiger partial charge in [-0.1, -0.05) is 0 Å². The number of nitrogens with zero attached hydrogens (tertiary/aromatic N) is 2. The first-order valence-corrected chi connectivity index (χ1v) is 6.80. The average Bonchev–Trinajstić information content (AvgIpc) is 2.69. The van der Waals surface area contributed by atoms with E-state index < -0.39 is 9.84 Å². The molecule has 0 aromatic carbocycles. The zero-order valence-electron chi connectivity index (χ0n) is 8.68. The highest BCUT2D eigenvalue weighted by atomic mass is 32.2. The first-order chi connectivity index (χ1) is 7.07. The second-order valence-corrected chi connectivity index (χ2v) is 6.16. The molecule has 1 aliphatic heterocycles. The Balaban J connectivity index is 1.88. The van der Waals surface area contributed by atoms with Crippen LogP contribution in [0, 0.1) is 0 Å². The molecule has 1 unspecified atom stereocenters. The number of rotatable bonds is 3. The maximum Gasteiger partial charge on any atom is 0.151 e. The van der Waals surface area contributed by atoms with Gasteiger partial charge in [0.25, 0.3) is 0 Å². The SMILES string of the molecule is Cn1nccc1CNC1CCS(=O)(=O)C1. The molecule has 0 radical (unpaired) electrons. The third-order valence-corrected chi connectivity index (χ3v) is 4.49. The number of hydrogen-bond acceptors (Lipinski definition) is 4. The minimum absolute atomic E-state index is 0.102. The van der Waals surface area contributed by atoms with E-state index in [4.69, 9.17) is 0 Å². The standard InChI is InChI=1S/C9H15N3O2S/c1-12-9(2-4-11-12)6-10-8-3-5-15(13,14)7-8/h2,4,8,10H,3,5-7H2,1H3. The van der Waals surface area contributed by atoms with Crippen molar-refractivity contribution in [2.45, 2.75) is 19.0 Å². The van der Waals surface area contributed by atoms with Gasteiger partial charge in [0, 0.05) is 25.8 Å². The van der Waals surface area contributed by atoms with Crippen molar-refractivity contribution < 1.29 is 8.42 Å². The van der Waals surface area contributed by atoms with E-state index in [1.165, 1.54) is 0 Å². The fraction of sp³-hybridized carbons (Fsp3) is 0.667. The lowest BCUT2D eigenvalue weighted by Crippen LogP contribution is -2.30. The van der Waals surface area contributed by atoms with Crippen LogP contribution >= 0.6 is 0 Å². The minimum Gasteiger partial charge on any atom is -0.307 e. The van der Waals surface area contributed by atoms with Gasteiger partial charge in [-0.3, -0.25) is 4.68 Å². The van der Waals surface area contributed by atoms with E-state index >= 15 is 0 Å². The van der Waals surface area contributed by atoms with Crippen molar-refractivity contribution in [3.63, 3.8) is 0 Å². The van der Waals surface area contributed by atoms with Crippen LogP contribution in [0.5, 0.6) is 0 Å². The van der Waals surface area contributed by atoms with Gasteiger partial charge in [-0.25, -0.2) is 8.42 Å². The van der Waals surface area contributed by atoms with Crippen molar-refractivity contribution in [2.75, 3.05) is 11.5 Å². The van der Waals surface area contributed by atoms with Crippen molar-refractivity contribution in [3.8, 4) is 0 Å². The van der Waals surface area contributed by atoms with Crippen LogP contribution in [0.15, 0.2) is 12.3 Å². The lowest BCUT2D eigenvalue weighted by molar-refractivity contribution is 0.534. The van der Waals surface area contributed by atoms with Crippen molar-refractivity contribution in [3.05, 3.63) is 18.0 Å². The van der Waals surface area contributed by atoms with Gasteiger partial charge >= 0.3 is 0 Å². The molecular formula is C9H15N3O2S. The van der Waals surface area contributed by atoms with Crippen molar-refractivity contribution in [1.82, 2.24) is 15.1 Å². The van der Waals surface area contributed by atoms with Gasteiger partial charge in [-0.2, -0.15) is 5.10 Å². The molecule has 0 spiro atoms. The summed E-state index contributed by atoms with van der Waals surface area (Å²) in [7, 11) is -0.904. The van der Waals surface area contributed by atoms with E-state index in [0.29, 0.717) is 12.3 Å². The summed E-state index contributed by atoms with van der Waals surface area (Å²) in [5.74, 6) is 0.584. The second kappa shape index (κ2) is 3.94. The monoisotopic (exact) mass is 229 g/mol. The highest BCUT2D eigenvalue weighted by molar-refractivity contribution is 7.91. The zero-order valence-corrected chi connectivity index (χ0v) is 9.50. The third kappa shape index (κ3) is 2.57. The van der Waals surface area contributed by atoms with E-state index in [2.05, 4.69) is 10.4 Å². The average molecular weight is 229 g/mol. The Labute approximate surface area is 89.4 Å². The van der Waals surface area contributed by atoms with Gasteiger partial charge in [0.15, 0.2) is 9.84 Å². The van der Waals surface area contributed by atoms with Crippen LogP contribution in [-0.4, -0.2) is 35.7 Å². The lowest BCUT2D eigenvalue weighted by Gasteiger charge is -2.10. The number of aryl methyl sites for hydroxylation is 1. The van der Waals surface area contributed by atoms with Gasteiger partial charge in [0.1, 0.15) is 0 Å². The maximum absolute atomic E-state index is 11.2. The first kappa shape index (κ1) is 10.6. The summed E-state index contributed by atoms with van der Waals surface area (Å²) < 4.78 is 24.2. The molecule has 84 valence electrons. The summed E-state index contributed by atoms with van der Waals surface area (Å²) in [6.07, 6.45) is 2.46. The Kier molecular flexibility index (Phi) is 2.79. The minimum atomic E-state index is -2.78. The van der Waals surface area contributed by atoms with E-state index in [0.717, 1.165) is 12.1 Å². The highest BCUT2D eigenvalue weighted by Crippen LogP contribution is 2.11. The predicted molar refractivity (Wildman–Crippen MR) is 57.1 cm³/mol. The molecule has 0 amide bonds. The van der Waals surface area contributed by atoms with Crippen LogP contribution in [0.3, 0.4) is 0 Å². The summed E-state index contributed by atoms with van der Waals surface area (Å²) in [6.45, 7) is 0.677. The number of nitrogens with one attached hydrogen (secondary N) is 1. The summed E-state index contributed by atoms with van der Waals surface area (Å²) in [5.41, 5.74) is 1.07. The molecule has 1 aromatic heterocycles. The molecule has 1 aliphatic rings. The Bertz CT molecular complexity index is 438. The summed E-state index contributed by atoms with van der Waals surface area (Å²) in [6, 6.07) is 2.03. The number of sulfone groups is 1. The highest BCUT2D eigenvalue weighted by Gasteiger charge is 2.27. The van der Waals surface area contributed by atoms with Crippen LogP contribution in [-0.2, 0) is 23.4 Å². The largest absolute Gasteiger partial charge is 0.307 e. The maximum atomic E-state index is 11.2. The Hall–Kier alpha value is -0.880. The molecule has 0 bridgehead atoms. The zero-order chi connectivity index (χ0) is 10.9. The quantitative estimate of drug-likeness (QED) is 0.772. The molecule has 1 atom stereocenters. The third-order valence-electron chi connectivity index (χ3n) is 2.73. The van der Waals surface area contributed by atoms with Crippen molar-refractivity contribution >= 4 is 9.84 Å². The smallest absolute Gasteiger partial charge is 0.151 e. The Morgan fingerprint density at radius 1 is 1.67 bits per heavy atom. The normalized spacial score (nSPS) is 24.5. The van der Waals surface area contributed by atoms with E-state index in [-0.39, 0.29) is 11.8 Å². The molecule has 1 N–H and O–H groups in total. The molecule has 2 heterocycles. The number of aromatic nitrogens is 2. The van der Waals surface area contributed by atoms with Gasteiger partial charge in [-0.05, 0) is 12.5 Å². The second-order valence-electron chi connectivity index (χ2n) is 3.93. The molecule has 1 aromatic rings. The molecule has 0 saturated carbocycles. The molecule has 0 aliphatic carbocycles. The predicted octanol–water partition coefficient (Wildman–Crippen LogP) is -0.303. The van der Waals surface area contributed by atoms with Crippen LogP contribution < -0.4 is 5.32 Å². The molecule has 1 saturated heterocycles. The molecule has 15 heavy (non-hydrogen) atoms. The molecular weight excluding hydrogens is 214 g/mol. The molecule has 5 nitrogen and oxygen atoms in total. The van der Waals surface area contributed by atoms with E-state index in [1.54, 1.807) is 10.9 Å². The van der Waals surface area contributed by atoms with Crippen LogP contribution in [0.4, 0.5) is 0 Å². The van der Waals surface area contributed by atoms with Crippen LogP contribution in [0.1, 0.15) is 12.1 Å². The molecule has 1 fully saturated rings. The molecule has 2 rings (SSSR count). The Morgan fingerprint density at radius 2 is 2.47 bits per heavy atom. The van der Waals surface area contributed by atoms with Gasteiger partial charge < -0.3 is 5.32 Å². The van der Waals surface area contributed by atoms with E-state index in [9.17, 15) is 8.42 Å². The van der Waals surface area contributed by atoms with Crippen LogP contribution in [0.25, 0.3) is 0 Å². The topological polar surface area (TPSA) is 64.0 Å². The fourth-order valence-electron chi connectivity index (χ4n) is 1.78. The van der Waals surface area contributed by atoms with Gasteiger partial charge in [0.05, 0.1) is 17.2 Å². The van der Waals surface area contributed by atoms with Gasteiger partial charge in [0.2, 0.25) is 0 Å². The van der Waals surface area contributed by atoms with Gasteiger partial charge in [-0.15, -0.1) is 0 Å². The molecule has 6 heteroatoms. The fourth-order valence-corrected chi connectivity index (χ4v) is 3.49. The lowest BCUT2D eigenvalue weighted by atomic mass is 10.2. The summed E-state index contributed by atoms with van der Waals surface area (Å²) >= 11 is 0. The van der Waals surface area contributed by atoms with Crippen molar-refractivity contribution in [1.29, 1.82) is 0 Å². The summed E-state index contributed by atoms with van der Waals surface area (Å²) in [5, 5.41) is 7.29. The van der Waals surface area contributed by atoms with Crippen molar-refractivity contribution in [2.24, 2.45) is 7.05 Å².